The van der Waals surface area contributed by atoms with Crippen molar-refractivity contribution < 1.29 is 5.48 Å². The lowest BCUT2D eigenvalue weighted by atomic mass is 10.1. The summed E-state index contributed by atoms with van der Waals surface area (Å²) in [5.41, 5.74) is 3.13. The summed E-state index contributed by atoms with van der Waals surface area (Å²) in [6.07, 6.45) is 3.96. The third-order valence-corrected chi connectivity index (χ3v) is 2.01. The first kappa shape index (κ1) is 7.29. The topological polar surface area (TPSA) is 28.5 Å². The van der Waals surface area contributed by atoms with Crippen LogP contribution in [0.15, 0.2) is 24.3 Å². The predicted octanol–water partition coefficient (Wildman–Crippen LogP) is 2.06. The molecule has 0 saturated carbocycles. The van der Waals surface area contributed by atoms with E-state index in [2.05, 4.69) is 24.3 Å². The van der Waals surface area contributed by atoms with E-state index in [1.807, 2.05) is 0 Å². The van der Waals surface area contributed by atoms with E-state index >= 15 is 0 Å². The lowest BCUT2D eigenvalue weighted by molar-refractivity contribution is 0.686. The SMILES string of the molecule is [O].c1ccc2c(c1)CCC2. The molecule has 0 amide bonds. The standard InChI is InChI=1S/C9H10.O/c1-2-5-9-7-3-6-8(9)4-1;/h1-2,4-5H,3,6-7H2;. The molecule has 0 saturated heterocycles. The second kappa shape index (κ2) is 2.84. The highest BCUT2D eigenvalue weighted by molar-refractivity contribution is 5.30. The highest BCUT2D eigenvalue weighted by Crippen LogP contribution is 2.20. The van der Waals surface area contributed by atoms with Crippen molar-refractivity contribution in [2.24, 2.45) is 0 Å². The maximum Gasteiger partial charge on any atom is 0 e. The van der Waals surface area contributed by atoms with Crippen LogP contribution in [0.25, 0.3) is 0 Å². The van der Waals surface area contributed by atoms with E-state index in [1.165, 1.54) is 19.3 Å². The molecule has 1 heteroatoms. The van der Waals surface area contributed by atoms with Crippen LogP contribution in [0, 0.1) is 0 Å². The van der Waals surface area contributed by atoms with Gasteiger partial charge in [0.05, 0.1) is 0 Å². The van der Waals surface area contributed by atoms with Gasteiger partial charge in [0.1, 0.15) is 0 Å². The summed E-state index contributed by atoms with van der Waals surface area (Å²) in [6.45, 7) is 0. The largest absolute Gasteiger partial charge is 0.0620 e. The van der Waals surface area contributed by atoms with E-state index in [9.17, 15) is 0 Å². The van der Waals surface area contributed by atoms with Crippen molar-refractivity contribution in [2.75, 3.05) is 0 Å². The minimum atomic E-state index is 0. The van der Waals surface area contributed by atoms with Crippen molar-refractivity contribution in [2.45, 2.75) is 19.3 Å². The van der Waals surface area contributed by atoms with Gasteiger partial charge in [-0.3, -0.25) is 0 Å². The maximum absolute atomic E-state index is 2.24. The monoisotopic (exact) mass is 134 g/mol. The lowest BCUT2D eigenvalue weighted by Gasteiger charge is -1.93. The van der Waals surface area contributed by atoms with Gasteiger partial charge in [0.25, 0.3) is 0 Å². The number of hydrogen-bond acceptors (Lipinski definition) is 0. The number of rotatable bonds is 0. The smallest absolute Gasteiger partial charge is 0 e. The molecular formula is C9H10O. The average Bonchev–Trinajstić information content (AvgIpc) is 2.33. The molecule has 10 heavy (non-hydrogen) atoms. The van der Waals surface area contributed by atoms with Gasteiger partial charge < -0.3 is 0 Å². The van der Waals surface area contributed by atoms with Crippen molar-refractivity contribution in [3.05, 3.63) is 35.4 Å². The van der Waals surface area contributed by atoms with Gasteiger partial charge in [-0.25, -0.2) is 0 Å². The van der Waals surface area contributed by atoms with Crippen LogP contribution in [0.5, 0.6) is 0 Å². The van der Waals surface area contributed by atoms with Crippen LogP contribution in [0.3, 0.4) is 0 Å². The first-order valence-corrected chi connectivity index (χ1v) is 3.53. The summed E-state index contributed by atoms with van der Waals surface area (Å²) >= 11 is 0. The Morgan fingerprint density at radius 2 is 1.40 bits per heavy atom. The highest BCUT2D eigenvalue weighted by atomic mass is 16.0. The number of aryl methyl sites for hydroxylation is 2. The molecule has 2 rings (SSSR count). The van der Waals surface area contributed by atoms with E-state index < -0.39 is 0 Å². The summed E-state index contributed by atoms with van der Waals surface area (Å²) in [6, 6.07) is 8.74. The maximum atomic E-state index is 2.24. The number of benzene rings is 1. The molecule has 0 spiro atoms. The molecule has 1 aromatic rings. The third kappa shape index (κ3) is 1.05. The Kier molecular flexibility index (Phi) is 2.07. The van der Waals surface area contributed by atoms with Crippen molar-refractivity contribution in [3.8, 4) is 0 Å². The predicted molar refractivity (Wildman–Crippen MR) is 39.2 cm³/mol. The molecule has 0 atom stereocenters. The van der Waals surface area contributed by atoms with E-state index in [4.69, 9.17) is 0 Å². The fourth-order valence-corrected chi connectivity index (χ4v) is 1.51. The minimum Gasteiger partial charge on any atom is -0.0620 e. The zero-order chi connectivity index (χ0) is 6.10. The second-order valence-corrected chi connectivity index (χ2v) is 2.62. The Hall–Kier alpha value is -0.820. The Morgan fingerprint density at radius 1 is 0.900 bits per heavy atom. The molecule has 52 valence electrons. The molecule has 0 aromatic heterocycles. The van der Waals surface area contributed by atoms with E-state index in [0.717, 1.165) is 0 Å². The second-order valence-electron chi connectivity index (χ2n) is 2.62. The highest BCUT2D eigenvalue weighted by Gasteiger charge is 2.07. The van der Waals surface area contributed by atoms with E-state index in [0.29, 0.717) is 0 Å². The van der Waals surface area contributed by atoms with Crippen LogP contribution < -0.4 is 0 Å². The Morgan fingerprint density at radius 3 is 1.90 bits per heavy atom. The molecular weight excluding hydrogens is 124 g/mol. The summed E-state index contributed by atoms with van der Waals surface area (Å²) in [5, 5.41) is 0. The van der Waals surface area contributed by atoms with Crippen molar-refractivity contribution >= 4 is 0 Å². The summed E-state index contributed by atoms with van der Waals surface area (Å²) in [5.74, 6) is 0. The van der Waals surface area contributed by atoms with Gasteiger partial charge in [-0.1, -0.05) is 24.3 Å². The number of hydrogen-bond donors (Lipinski definition) is 0. The quantitative estimate of drug-likeness (QED) is 0.519. The zero-order valence-electron chi connectivity index (χ0n) is 5.84. The summed E-state index contributed by atoms with van der Waals surface area (Å²) in [7, 11) is 0. The van der Waals surface area contributed by atoms with Gasteiger partial charge in [-0.2, -0.15) is 0 Å². The van der Waals surface area contributed by atoms with Crippen molar-refractivity contribution in [3.63, 3.8) is 0 Å². The fourth-order valence-electron chi connectivity index (χ4n) is 1.51. The van der Waals surface area contributed by atoms with Gasteiger partial charge in [-0.15, -0.1) is 0 Å². The molecule has 0 aliphatic heterocycles. The Labute approximate surface area is 61.0 Å². The van der Waals surface area contributed by atoms with E-state index in [-0.39, 0.29) is 5.48 Å². The van der Waals surface area contributed by atoms with Gasteiger partial charge in [0.15, 0.2) is 0 Å². The first-order valence-electron chi connectivity index (χ1n) is 3.53. The average molecular weight is 134 g/mol. The molecule has 0 bridgehead atoms. The zero-order valence-corrected chi connectivity index (χ0v) is 5.84. The molecule has 0 fully saturated rings. The van der Waals surface area contributed by atoms with Crippen LogP contribution in [0.2, 0.25) is 0 Å². The number of fused-ring (bicyclic) bond motifs is 1. The van der Waals surface area contributed by atoms with Crippen LogP contribution in [-0.2, 0) is 18.3 Å². The van der Waals surface area contributed by atoms with Gasteiger partial charge in [0, 0.05) is 5.48 Å². The van der Waals surface area contributed by atoms with Gasteiger partial charge in [-0.05, 0) is 30.4 Å². The Bertz CT molecular complexity index is 195. The molecule has 1 aliphatic carbocycles. The van der Waals surface area contributed by atoms with Crippen LogP contribution in [-0.4, -0.2) is 0 Å². The fraction of sp³-hybridized carbons (Fsp3) is 0.333. The Balaban J connectivity index is 0.000000500. The van der Waals surface area contributed by atoms with Crippen LogP contribution in [0.1, 0.15) is 17.5 Å². The van der Waals surface area contributed by atoms with Crippen molar-refractivity contribution in [1.29, 1.82) is 0 Å². The molecule has 0 unspecified atom stereocenters. The van der Waals surface area contributed by atoms with Gasteiger partial charge >= 0.3 is 0 Å². The molecule has 0 N–H and O–H groups in total. The lowest BCUT2D eigenvalue weighted by Crippen LogP contribution is -1.77. The van der Waals surface area contributed by atoms with Crippen LogP contribution in [0.4, 0.5) is 0 Å². The molecule has 1 nitrogen and oxygen atoms in total. The molecule has 1 aliphatic rings. The minimum absolute atomic E-state index is 0. The summed E-state index contributed by atoms with van der Waals surface area (Å²) < 4.78 is 0. The third-order valence-electron chi connectivity index (χ3n) is 2.01. The van der Waals surface area contributed by atoms with Crippen LogP contribution >= 0.6 is 0 Å². The summed E-state index contributed by atoms with van der Waals surface area (Å²) in [4.78, 5) is 0. The molecule has 0 heterocycles. The normalized spacial score (nSPS) is 14.0. The van der Waals surface area contributed by atoms with Crippen molar-refractivity contribution in [1.82, 2.24) is 0 Å². The van der Waals surface area contributed by atoms with Gasteiger partial charge in [0.2, 0.25) is 0 Å². The molecule has 1 aromatic carbocycles. The first-order chi connectivity index (χ1) is 4.47. The molecule has 2 radical (unpaired) electrons. The van der Waals surface area contributed by atoms with E-state index in [1.54, 1.807) is 11.1 Å².